The Morgan fingerprint density at radius 2 is 1.85 bits per heavy atom. The van der Waals surface area contributed by atoms with Gasteiger partial charge < -0.3 is 9.84 Å². The third-order valence-corrected chi connectivity index (χ3v) is 4.05. The molecule has 0 spiro atoms. The quantitative estimate of drug-likeness (QED) is 0.506. The van der Waals surface area contributed by atoms with Crippen molar-refractivity contribution in [2.75, 3.05) is 7.11 Å². The van der Waals surface area contributed by atoms with Crippen LogP contribution in [0.15, 0.2) is 0 Å². The number of aliphatic carboxylic acids is 1. The van der Waals surface area contributed by atoms with Crippen LogP contribution in [-0.2, 0) is 19.4 Å². The highest BCUT2D eigenvalue weighted by Gasteiger charge is 2.49. The summed E-state index contributed by atoms with van der Waals surface area (Å²) in [6.07, 6.45) is 0. The number of rotatable bonds is 2. The van der Waals surface area contributed by atoms with E-state index in [1.165, 1.54) is 0 Å². The van der Waals surface area contributed by atoms with E-state index in [1.54, 1.807) is 0 Å². The predicted molar refractivity (Wildman–Crippen MR) is 46.4 cm³/mol. The van der Waals surface area contributed by atoms with Crippen LogP contribution >= 0.6 is 12.6 Å². The molecule has 0 heterocycles. The van der Waals surface area contributed by atoms with E-state index in [0.29, 0.717) is 0 Å². The first kappa shape index (κ1) is 12.2. The van der Waals surface area contributed by atoms with Crippen LogP contribution in [0.5, 0.6) is 0 Å². The number of carboxylic acid groups (broad SMARTS) is 1. The summed E-state index contributed by atoms with van der Waals surface area (Å²) in [6, 6.07) is 0. The second-order valence-corrected chi connectivity index (χ2v) is 5.60. The first-order chi connectivity index (χ1) is 5.67. The normalized spacial score (nSPS) is 15.9. The highest BCUT2D eigenvalue weighted by Crippen LogP contribution is 2.24. The maximum atomic E-state index is 11.1. The van der Waals surface area contributed by atoms with Gasteiger partial charge in [-0.25, -0.2) is 18.0 Å². The molecule has 0 radical (unpaired) electrons. The molecule has 76 valence electrons. The smallest absolute Gasteiger partial charge is 0.426 e. The molecule has 0 fully saturated rings. The van der Waals surface area contributed by atoms with Crippen molar-refractivity contribution in [3.8, 4) is 0 Å². The molecule has 0 bridgehead atoms. The second kappa shape index (κ2) is 3.54. The number of methoxy groups -OCH3 is 1. The Morgan fingerprint density at radius 1 is 1.46 bits per heavy atom. The number of sulfone groups is 1. The van der Waals surface area contributed by atoms with Crippen molar-refractivity contribution in [1.82, 2.24) is 0 Å². The Balaban J connectivity index is 5.30. The van der Waals surface area contributed by atoms with Crippen molar-refractivity contribution in [3.05, 3.63) is 0 Å². The molecule has 0 amide bonds. The van der Waals surface area contributed by atoms with E-state index in [1.807, 2.05) is 0 Å². The van der Waals surface area contributed by atoms with Crippen molar-refractivity contribution >= 4 is 33.7 Å². The molecule has 0 aliphatic heterocycles. The van der Waals surface area contributed by atoms with Gasteiger partial charge in [-0.15, -0.1) is 12.6 Å². The SMILES string of the molecule is COC(=O)S(=O)(=O)C(C)(S)C(=O)O. The number of hydrogen-bond donors (Lipinski definition) is 2. The average Bonchev–Trinajstić information content (AvgIpc) is 2.02. The minimum Gasteiger partial charge on any atom is -0.479 e. The van der Waals surface area contributed by atoms with Crippen LogP contribution in [0.1, 0.15) is 6.92 Å². The molecule has 0 aliphatic carbocycles. The minimum absolute atomic E-state index is 0.782. The molecular weight excluding hydrogens is 220 g/mol. The zero-order valence-electron chi connectivity index (χ0n) is 6.84. The van der Waals surface area contributed by atoms with Gasteiger partial charge in [0.1, 0.15) is 0 Å². The molecular formula is C5H8O6S2. The summed E-state index contributed by atoms with van der Waals surface area (Å²) >= 11 is 3.37. The van der Waals surface area contributed by atoms with Gasteiger partial charge >= 0.3 is 11.3 Å². The van der Waals surface area contributed by atoms with Gasteiger partial charge in [0, 0.05) is 0 Å². The lowest BCUT2D eigenvalue weighted by atomic mass is 10.5. The Hall–Kier alpha value is -0.760. The van der Waals surface area contributed by atoms with Crippen LogP contribution in [0.4, 0.5) is 4.79 Å². The summed E-state index contributed by atoms with van der Waals surface area (Å²) in [5.41, 5.74) is 0. The maximum Gasteiger partial charge on any atom is 0.426 e. The van der Waals surface area contributed by atoms with Crippen LogP contribution in [-0.4, -0.2) is 36.0 Å². The van der Waals surface area contributed by atoms with Crippen LogP contribution in [0.25, 0.3) is 0 Å². The number of carbonyl (C=O) groups excluding carboxylic acids is 1. The molecule has 1 atom stereocenters. The summed E-state index contributed by atoms with van der Waals surface area (Å²) in [5.74, 6) is -1.73. The molecule has 6 nitrogen and oxygen atoms in total. The van der Waals surface area contributed by atoms with Crippen molar-refractivity contribution < 1.29 is 27.9 Å². The molecule has 0 aromatic heterocycles. The van der Waals surface area contributed by atoms with E-state index >= 15 is 0 Å². The number of carbonyl (C=O) groups is 2. The molecule has 8 heteroatoms. The van der Waals surface area contributed by atoms with Gasteiger partial charge in [-0.1, -0.05) is 0 Å². The standard InChI is InChI=1S/C5H8O6S2/c1-5(12,3(6)7)13(9,10)4(8)11-2/h12H,1-2H3,(H,6,7). The number of thiol groups is 1. The van der Waals surface area contributed by atoms with E-state index in [9.17, 15) is 18.0 Å². The van der Waals surface area contributed by atoms with E-state index < -0.39 is 25.2 Å². The van der Waals surface area contributed by atoms with E-state index in [0.717, 1.165) is 14.0 Å². The molecule has 13 heavy (non-hydrogen) atoms. The van der Waals surface area contributed by atoms with Gasteiger partial charge in [-0.2, -0.15) is 0 Å². The van der Waals surface area contributed by atoms with Gasteiger partial charge in [-0.3, -0.25) is 0 Å². The summed E-state index contributed by atoms with van der Waals surface area (Å²) in [4.78, 5) is 21.1. The van der Waals surface area contributed by atoms with Crippen molar-refractivity contribution in [2.45, 2.75) is 11.0 Å². The fourth-order valence-electron chi connectivity index (χ4n) is 0.387. The zero-order chi connectivity index (χ0) is 10.9. The Morgan fingerprint density at radius 3 is 2.08 bits per heavy atom. The first-order valence-electron chi connectivity index (χ1n) is 2.96. The van der Waals surface area contributed by atoms with Crippen LogP contribution in [0, 0.1) is 0 Å². The summed E-state index contributed by atoms with van der Waals surface area (Å²) in [6.45, 7) is 0.782. The fourth-order valence-corrected chi connectivity index (χ4v) is 1.38. The van der Waals surface area contributed by atoms with Gasteiger partial charge in [-0.05, 0) is 6.92 Å². The van der Waals surface area contributed by atoms with Gasteiger partial charge in [0.25, 0.3) is 9.84 Å². The Bertz CT molecular complexity index is 327. The monoisotopic (exact) mass is 228 g/mol. The van der Waals surface area contributed by atoms with E-state index in [4.69, 9.17) is 5.11 Å². The molecule has 1 N–H and O–H groups in total. The molecule has 0 aromatic carbocycles. The van der Waals surface area contributed by atoms with Gasteiger partial charge in [0.05, 0.1) is 7.11 Å². The molecule has 0 aromatic rings. The number of ether oxygens (including phenoxy) is 1. The predicted octanol–water partition coefficient (Wildman–Crippen LogP) is -0.102. The van der Waals surface area contributed by atoms with Crippen molar-refractivity contribution in [2.24, 2.45) is 0 Å². The van der Waals surface area contributed by atoms with Crippen LogP contribution in [0.3, 0.4) is 0 Å². The third kappa shape index (κ3) is 1.94. The molecule has 0 rings (SSSR count). The highest BCUT2D eigenvalue weighted by atomic mass is 32.2. The lowest BCUT2D eigenvalue weighted by molar-refractivity contribution is -0.137. The lowest BCUT2D eigenvalue weighted by Crippen LogP contribution is -2.42. The van der Waals surface area contributed by atoms with E-state index in [-0.39, 0.29) is 0 Å². The van der Waals surface area contributed by atoms with Gasteiger partial charge in [0.2, 0.25) is 4.08 Å². The molecule has 0 saturated carbocycles. The lowest BCUT2D eigenvalue weighted by Gasteiger charge is -2.15. The zero-order valence-corrected chi connectivity index (χ0v) is 8.55. The average molecular weight is 228 g/mol. The number of carboxylic acids is 1. The van der Waals surface area contributed by atoms with Crippen LogP contribution in [0.2, 0.25) is 0 Å². The van der Waals surface area contributed by atoms with Crippen molar-refractivity contribution in [1.29, 1.82) is 0 Å². The minimum atomic E-state index is -4.58. The molecule has 1 unspecified atom stereocenters. The Labute approximate surface area is 80.2 Å². The highest BCUT2D eigenvalue weighted by molar-refractivity contribution is 8.16. The molecule has 0 saturated heterocycles. The molecule has 0 aliphatic rings. The third-order valence-electron chi connectivity index (χ3n) is 1.31. The first-order valence-corrected chi connectivity index (χ1v) is 4.89. The van der Waals surface area contributed by atoms with Gasteiger partial charge in [0.15, 0.2) is 0 Å². The summed E-state index contributed by atoms with van der Waals surface area (Å²) in [5, 5.41) is 6.84. The Kier molecular flexibility index (Phi) is 3.34. The second-order valence-electron chi connectivity index (χ2n) is 2.25. The van der Waals surface area contributed by atoms with Crippen molar-refractivity contribution in [3.63, 3.8) is 0 Å². The maximum absolute atomic E-state index is 11.1. The largest absolute Gasteiger partial charge is 0.479 e. The number of hydrogen-bond acceptors (Lipinski definition) is 6. The van der Waals surface area contributed by atoms with E-state index in [2.05, 4.69) is 17.4 Å². The fraction of sp³-hybridized carbons (Fsp3) is 0.600. The summed E-state index contributed by atoms with van der Waals surface area (Å²) in [7, 11) is -3.75. The topological polar surface area (TPSA) is 97.7 Å². The van der Waals surface area contributed by atoms with Crippen LogP contribution < -0.4 is 0 Å². The summed E-state index contributed by atoms with van der Waals surface area (Å²) < 4.78 is 23.6.